The Bertz CT molecular complexity index is 4480. The molecule has 5 saturated heterocycles. The molecule has 0 bridgehead atoms. The molecule has 6 heterocycles. The number of aliphatic carboxylic acids is 1. The molecule has 5 aliphatic heterocycles. The van der Waals surface area contributed by atoms with Crippen LogP contribution in [0.1, 0.15) is 30.0 Å². The highest BCUT2D eigenvalue weighted by Crippen LogP contribution is 2.48. The van der Waals surface area contributed by atoms with Gasteiger partial charge in [0.1, 0.15) is 159 Å². The maximum Gasteiger partial charge on any atom is 0.402 e. The molecule has 0 spiro atoms. The molecular weight excluding hydrogens is 1570 g/mol. The van der Waals surface area contributed by atoms with E-state index in [0.717, 1.165) is 85.0 Å². The van der Waals surface area contributed by atoms with Gasteiger partial charge in [0, 0.05) is 42.5 Å². The van der Waals surface area contributed by atoms with Crippen LogP contribution in [-0.2, 0) is 71.3 Å². The zero-order valence-electron chi connectivity index (χ0n) is 60.6. The molecule has 11 rings (SSSR count). The van der Waals surface area contributed by atoms with Crippen molar-refractivity contribution in [3.05, 3.63) is 126 Å². The fourth-order valence-electron chi connectivity index (χ4n) is 12.4. The number of esters is 4. The Morgan fingerprint density at radius 2 is 0.803 bits per heavy atom. The van der Waals surface area contributed by atoms with Gasteiger partial charge in [0.25, 0.3) is 0 Å². The predicted molar refractivity (Wildman–Crippen MR) is 381 cm³/mol. The summed E-state index contributed by atoms with van der Waals surface area (Å²) in [6.45, 7) is -2.41. The highest BCUT2D eigenvalue weighted by Gasteiger charge is 2.52. The van der Waals surface area contributed by atoms with E-state index < -0.39 is 296 Å². The van der Waals surface area contributed by atoms with E-state index in [1.54, 1.807) is 0 Å². The normalized spacial score (nSPS) is 31.3. The molecule has 0 saturated carbocycles. The number of hydrogen-bond acceptors (Lipinski definition) is 40. The Morgan fingerprint density at radius 3 is 1.26 bits per heavy atom. The Morgan fingerprint density at radius 1 is 0.393 bits per heavy atom. The van der Waals surface area contributed by atoms with E-state index in [-0.39, 0.29) is 16.9 Å². The summed E-state index contributed by atoms with van der Waals surface area (Å²) in [6.07, 6.45) is -46.4. The third-order valence-electron chi connectivity index (χ3n) is 18.8. The Kier molecular flexibility index (Phi) is 27.9. The van der Waals surface area contributed by atoms with Crippen molar-refractivity contribution in [1.29, 1.82) is 0 Å². The summed E-state index contributed by atoms with van der Waals surface area (Å²) in [5.74, 6) is -14.3. The van der Waals surface area contributed by atoms with E-state index in [9.17, 15) is 131 Å². The van der Waals surface area contributed by atoms with Crippen LogP contribution in [0.2, 0.25) is 0 Å². The van der Waals surface area contributed by atoms with E-state index in [2.05, 4.69) is 0 Å². The maximum absolute atomic E-state index is 13.0. The van der Waals surface area contributed by atoms with Crippen molar-refractivity contribution in [3.8, 4) is 74.6 Å². The van der Waals surface area contributed by atoms with E-state index in [1.807, 2.05) is 0 Å². The fraction of sp³-hybridized carbons (Fsp3) is 0.413. The van der Waals surface area contributed by atoms with Gasteiger partial charge in [-0.3, -0.25) is 9.59 Å². The highest BCUT2D eigenvalue weighted by molar-refractivity contribution is 5.91. The molecule has 0 unspecified atom stereocenters. The van der Waals surface area contributed by atoms with Crippen LogP contribution in [0.25, 0.3) is 40.5 Å². The van der Waals surface area contributed by atoms with Crippen molar-refractivity contribution in [2.45, 2.75) is 167 Å². The summed E-state index contributed by atoms with van der Waals surface area (Å²) < 4.78 is 86.6. The lowest BCUT2D eigenvalue weighted by atomic mass is 9.98. The number of hydrogen-bond donors (Lipinski definition) is 22. The summed E-state index contributed by atoms with van der Waals surface area (Å²) >= 11 is 0. The average molecular weight is 1650 g/mol. The van der Waals surface area contributed by atoms with Gasteiger partial charge in [-0.25, -0.2) is 18.8 Å². The summed E-state index contributed by atoms with van der Waals surface area (Å²) in [5, 5.41) is 240. The molecule has 25 atom stereocenters. The number of aliphatic hydroxyl groups is 14. The van der Waals surface area contributed by atoms with E-state index in [4.69, 9.17) is 75.8 Å². The molecule has 42 nitrogen and oxygen atoms in total. The van der Waals surface area contributed by atoms with Gasteiger partial charge in [0.15, 0.2) is 46.9 Å². The second-order valence-corrected chi connectivity index (χ2v) is 27.2. The monoisotopic (exact) mass is 1650 g/mol. The third kappa shape index (κ3) is 20.7. The van der Waals surface area contributed by atoms with Crippen LogP contribution in [0, 0.1) is 0 Å². The standard InChI is InChI=1S/C75H80O42/c1-28-69(117-52(86)15-6-29-2-9-33(76)10-3-29)63(97)68(102)71(107-28)106-27-48-58(92)62(96)67(101)75(116-48)112-44-22-35-40(20-34(77)21-41(35)109-72-64(98)59(93)57(91)47(113-72)26-105-53(87)23-49(82)83)108-70(44)32-18-42(110-73-65(99)60(94)55(89)45(114-73)24-103-50(84)13-7-30-4-11-36(78)38(80)16-30)54(88)43(19-32)111-74-66(100)61(95)56(90)46(115-74)25-104-51(85)14-8-31-5-12-37(79)39(81)17-31/h2-22,28,45-48,55-69,71-75,89-102H,23-27H2,1H3,(H7-,76,77,78,79,80,81,82,83,84,85,86,88)/p+1/t28-,45+,46+,47+,48+,55+,56+,57+,58+,59-,60-,61-,62-,63-,64+,65+,66+,67+,68+,69-,71-,72+,73+,74+,75+/m0/s1. The number of rotatable bonds is 27. The lowest BCUT2D eigenvalue weighted by Crippen LogP contribution is -2.62. The Balaban J connectivity index is 0.957. The predicted octanol–water partition coefficient (Wildman–Crippen LogP) is -3.29. The van der Waals surface area contributed by atoms with Gasteiger partial charge in [-0.2, -0.15) is 0 Å². The van der Waals surface area contributed by atoms with Gasteiger partial charge in [-0.15, -0.1) is 0 Å². The van der Waals surface area contributed by atoms with Gasteiger partial charge in [0.05, 0.1) is 24.3 Å². The number of carboxylic acid groups (broad SMARTS) is 1. The first kappa shape index (κ1) is 86.9. The van der Waals surface area contributed by atoms with Gasteiger partial charge in [-0.05, 0) is 78.2 Å². The van der Waals surface area contributed by atoms with Crippen molar-refractivity contribution in [2.24, 2.45) is 0 Å². The molecule has 22 N–H and O–H groups in total. The lowest BCUT2D eigenvalue weighted by molar-refractivity contribution is -0.319. The SMILES string of the molecule is C[C@@H]1O[C@H](OC[C@H]2O[C@@H](Oc3cc4c(O[C@@H]5O[C@H](COC(=O)CC(=O)O)[C@@H](O)[C@H](O)[C@H]5O)cc(O)cc4[o+]c3-c3cc(O[C@@H]4O[C@H](COC(=O)C=Cc5ccc(O)c(O)c5)[C@@H](O)[C@H](O)[C@H]4O)c(O)c(O[C@@H]4O[C@H](COC(=O)C=Cc5ccc(O)c(O)c5)[C@@H](O)[C@H](O)[C@H]4O)c3)[C@H](O)[C@@H](O)[C@@H]2O)[C@H](O)[C@H](O)[C@H]1OC(=O)C=Cc1ccc(O)cc1. The van der Waals surface area contributed by atoms with E-state index >= 15 is 0 Å². The van der Waals surface area contributed by atoms with Gasteiger partial charge in [-0.1, -0.05) is 24.3 Å². The largest absolute Gasteiger partial charge is 0.508 e. The van der Waals surface area contributed by atoms with Gasteiger partial charge in [0.2, 0.25) is 36.7 Å². The van der Waals surface area contributed by atoms with Crippen molar-refractivity contribution in [1.82, 2.24) is 0 Å². The minimum atomic E-state index is -2.36. The second kappa shape index (κ2) is 37.6. The number of carbonyl (C=O) groups is 5. The Labute approximate surface area is 657 Å². The van der Waals surface area contributed by atoms with E-state index in [1.165, 1.54) is 49.4 Å². The van der Waals surface area contributed by atoms with Crippen LogP contribution in [0.15, 0.2) is 114 Å². The molecule has 0 amide bonds. The summed E-state index contributed by atoms with van der Waals surface area (Å²) in [5.41, 5.74) is -0.249. The smallest absolute Gasteiger partial charge is 0.402 e. The van der Waals surface area contributed by atoms with Crippen molar-refractivity contribution < 1.29 is 207 Å². The molecular formula is C75H81O42+. The number of phenolic OH excluding ortho intramolecular Hbond substituents is 7. The molecule has 0 radical (unpaired) electrons. The summed E-state index contributed by atoms with van der Waals surface area (Å²) in [6, 6.07) is 17.1. The van der Waals surface area contributed by atoms with Crippen molar-refractivity contribution in [3.63, 3.8) is 0 Å². The topological polar surface area (TPSA) is 671 Å². The molecule has 5 fully saturated rings. The number of fused-ring (bicyclic) bond motifs is 1. The number of carboxylic acids is 1. The average Bonchev–Trinajstić information content (AvgIpc) is 0.754. The van der Waals surface area contributed by atoms with Crippen LogP contribution < -0.4 is 18.9 Å². The number of benzene rings is 5. The van der Waals surface area contributed by atoms with Crippen LogP contribution >= 0.6 is 0 Å². The number of ether oxygens (including phenoxy) is 14. The molecule has 1 aromatic heterocycles. The first-order chi connectivity index (χ1) is 55.5. The summed E-state index contributed by atoms with van der Waals surface area (Å²) in [4.78, 5) is 62.4. The van der Waals surface area contributed by atoms with Crippen molar-refractivity contribution in [2.75, 3.05) is 26.4 Å². The molecule has 117 heavy (non-hydrogen) atoms. The van der Waals surface area contributed by atoms with Gasteiger partial charge < -0.3 is 179 Å². The second-order valence-electron chi connectivity index (χ2n) is 27.2. The van der Waals surface area contributed by atoms with Crippen molar-refractivity contribution >= 4 is 59.0 Å². The minimum Gasteiger partial charge on any atom is -0.508 e. The molecule has 6 aromatic rings. The molecule has 42 heteroatoms. The number of aromatic hydroxyl groups is 7. The van der Waals surface area contributed by atoms with Crippen LogP contribution in [0.3, 0.4) is 0 Å². The highest BCUT2D eigenvalue weighted by atomic mass is 16.8. The number of phenols is 7. The lowest BCUT2D eigenvalue weighted by Gasteiger charge is -2.43. The van der Waals surface area contributed by atoms with Gasteiger partial charge >= 0.3 is 41.2 Å². The van der Waals surface area contributed by atoms with E-state index in [0.29, 0.717) is 5.56 Å². The van der Waals surface area contributed by atoms with Crippen LogP contribution in [0.4, 0.5) is 0 Å². The first-order valence-electron chi connectivity index (χ1n) is 35.4. The maximum atomic E-state index is 13.0. The molecule has 0 aliphatic carbocycles. The quantitative estimate of drug-likeness (QED) is 0.00600. The Hall–Kier alpha value is -10.9. The molecule has 5 aromatic carbocycles. The third-order valence-corrected chi connectivity index (χ3v) is 18.8. The summed E-state index contributed by atoms with van der Waals surface area (Å²) in [7, 11) is 0. The minimum absolute atomic E-state index is 0.0489. The first-order valence-corrected chi connectivity index (χ1v) is 35.4. The fourth-order valence-corrected chi connectivity index (χ4v) is 12.4. The number of aliphatic hydroxyl groups excluding tert-OH is 14. The van der Waals surface area contributed by atoms with Crippen LogP contribution in [-0.4, -0.2) is 322 Å². The zero-order chi connectivity index (χ0) is 84.7. The number of carbonyl (C=O) groups excluding carboxylic acids is 4. The molecule has 5 aliphatic rings. The zero-order valence-corrected chi connectivity index (χ0v) is 60.6. The van der Waals surface area contributed by atoms with Crippen LogP contribution in [0.5, 0.6) is 63.2 Å². The molecule has 632 valence electrons.